The first-order valence-corrected chi connectivity index (χ1v) is 11.5. The number of benzene rings is 1. The van der Waals surface area contributed by atoms with Crippen LogP contribution in [0.2, 0.25) is 0 Å². The Hall–Kier alpha value is -1.96. The molecular weight excluding hydrogens is 396 g/mol. The fraction of sp³-hybridized carbons (Fsp3) is 0.565. The lowest BCUT2D eigenvalue weighted by atomic mass is 10.1. The Labute approximate surface area is 184 Å². The molecule has 2 aromatic rings. The first-order valence-electron chi connectivity index (χ1n) is 10.7. The predicted octanol–water partition coefficient (Wildman–Crippen LogP) is 3.55. The Morgan fingerprint density at radius 3 is 2.37 bits per heavy atom. The van der Waals surface area contributed by atoms with E-state index in [1.165, 1.54) is 4.88 Å². The summed E-state index contributed by atoms with van der Waals surface area (Å²) in [4.78, 5) is 23.0. The zero-order valence-corrected chi connectivity index (χ0v) is 19.6. The molecule has 0 bridgehead atoms. The lowest BCUT2D eigenvalue weighted by molar-refractivity contribution is -0.124. The van der Waals surface area contributed by atoms with Crippen LogP contribution >= 0.6 is 11.3 Å². The fourth-order valence-corrected chi connectivity index (χ4v) is 4.62. The Balaban J connectivity index is 1.52. The number of amides is 1. The van der Waals surface area contributed by atoms with Crippen molar-refractivity contribution in [2.24, 2.45) is 0 Å². The molecule has 0 aliphatic carbocycles. The third-order valence-corrected chi connectivity index (χ3v) is 5.94. The van der Waals surface area contributed by atoms with Gasteiger partial charge in [0.25, 0.3) is 0 Å². The van der Waals surface area contributed by atoms with E-state index >= 15 is 0 Å². The zero-order chi connectivity index (χ0) is 21.7. The molecule has 0 spiro atoms. The Bertz CT molecular complexity index is 834. The summed E-state index contributed by atoms with van der Waals surface area (Å²) in [7, 11) is 0. The third kappa shape index (κ3) is 6.52. The van der Waals surface area contributed by atoms with E-state index in [0.717, 1.165) is 54.7 Å². The number of carbonyl (C=O) groups is 1. The van der Waals surface area contributed by atoms with Crippen molar-refractivity contribution in [3.63, 3.8) is 0 Å². The highest BCUT2D eigenvalue weighted by molar-refractivity contribution is 7.12. The molecule has 0 radical (unpaired) electrons. The van der Waals surface area contributed by atoms with Gasteiger partial charge < -0.3 is 10.1 Å². The molecule has 1 saturated heterocycles. The van der Waals surface area contributed by atoms with Gasteiger partial charge in [-0.25, -0.2) is 4.98 Å². The van der Waals surface area contributed by atoms with Crippen LogP contribution in [0, 0.1) is 6.92 Å². The summed E-state index contributed by atoms with van der Waals surface area (Å²) in [5.74, 6) is 0.995. The second-order valence-corrected chi connectivity index (χ2v) is 10.1. The molecule has 1 aliphatic rings. The van der Waals surface area contributed by atoms with Crippen molar-refractivity contribution in [3.05, 3.63) is 34.2 Å². The van der Waals surface area contributed by atoms with Crippen LogP contribution in [-0.4, -0.2) is 65.6 Å². The topological polar surface area (TPSA) is 57.7 Å². The number of rotatable bonds is 7. The first kappa shape index (κ1) is 22.7. The Morgan fingerprint density at radius 1 is 1.13 bits per heavy atom. The van der Waals surface area contributed by atoms with Crippen LogP contribution in [0.25, 0.3) is 11.3 Å². The molecule has 1 N–H and O–H groups in total. The van der Waals surface area contributed by atoms with Crippen LogP contribution in [0.3, 0.4) is 0 Å². The number of carbonyl (C=O) groups excluding carboxylic acids is 1. The maximum Gasteiger partial charge on any atom is 0.234 e. The summed E-state index contributed by atoms with van der Waals surface area (Å²) in [6.07, 6.45) is 0. The maximum atomic E-state index is 12.1. The van der Waals surface area contributed by atoms with Crippen molar-refractivity contribution in [2.75, 3.05) is 39.3 Å². The number of nitrogens with one attached hydrogen (secondary N) is 1. The van der Waals surface area contributed by atoms with Gasteiger partial charge in [-0.15, -0.1) is 11.3 Å². The summed E-state index contributed by atoms with van der Waals surface area (Å²) in [5, 5.41) is 4.19. The summed E-state index contributed by atoms with van der Waals surface area (Å²) in [6.45, 7) is 15.9. The third-order valence-electron chi connectivity index (χ3n) is 4.99. The quantitative estimate of drug-likeness (QED) is 0.728. The average Bonchev–Trinajstić information content (AvgIpc) is 3.03. The standard InChI is InChI=1S/C23H34N4O2S/c1-6-29-19-9-7-18(8-10-19)22-17(2)30-21(24-22)16-27-13-11-26(12-14-27)15-20(28)25-23(3,4)5/h7-10H,6,11-16H2,1-5H3,(H,25,28). The van der Waals surface area contributed by atoms with E-state index in [4.69, 9.17) is 9.72 Å². The highest BCUT2D eigenvalue weighted by atomic mass is 32.1. The Morgan fingerprint density at radius 2 is 1.77 bits per heavy atom. The van der Waals surface area contributed by atoms with Crippen LogP contribution in [0.1, 0.15) is 37.6 Å². The van der Waals surface area contributed by atoms with Crippen molar-refractivity contribution in [1.29, 1.82) is 0 Å². The monoisotopic (exact) mass is 430 g/mol. The smallest absolute Gasteiger partial charge is 0.234 e. The summed E-state index contributed by atoms with van der Waals surface area (Å²) >= 11 is 1.77. The molecule has 1 fully saturated rings. The van der Waals surface area contributed by atoms with Gasteiger partial charge in [-0.3, -0.25) is 14.6 Å². The van der Waals surface area contributed by atoms with Gasteiger partial charge in [-0.05, 0) is 58.9 Å². The van der Waals surface area contributed by atoms with Gasteiger partial charge in [-0.1, -0.05) is 0 Å². The van der Waals surface area contributed by atoms with Gasteiger partial charge in [0.2, 0.25) is 5.91 Å². The molecule has 1 aliphatic heterocycles. The zero-order valence-electron chi connectivity index (χ0n) is 18.8. The van der Waals surface area contributed by atoms with Gasteiger partial charge in [-0.2, -0.15) is 0 Å². The van der Waals surface area contributed by atoms with Crippen LogP contribution in [0.5, 0.6) is 5.75 Å². The Kier molecular flexibility index (Phi) is 7.50. The first-order chi connectivity index (χ1) is 14.2. The highest BCUT2D eigenvalue weighted by Gasteiger charge is 2.22. The number of nitrogens with zero attached hydrogens (tertiary/aromatic N) is 3. The van der Waals surface area contributed by atoms with Crippen molar-refractivity contribution in [2.45, 2.75) is 46.7 Å². The maximum absolute atomic E-state index is 12.1. The SMILES string of the molecule is CCOc1ccc(-c2nc(CN3CCN(CC(=O)NC(C)(C)C)CC3)sc2C)cc1. The van der Waals surface area contributed by atoms with Crippen LogP contribution in [-0.2, 0) is 11.3 Å². The summed E-state index contributed by atoms with van der Waals surface area (Å²) in [6, 6.07) is 8.18. The molecule has 2 heterocycles. The number of hydrogen-bond acceptors (Lipinski definition) is 6. The molecule has 1 amide bonds. The molecule has 0 unspecified atom stereocenters. The second kappa shape index (κ2) is 9.90. The van der Waals surface area contributed by atoms with E-state index in [0.29, 0.717) is 13.2 Å². The minimum atomic E-state index is -0.178. The minimum Gasteiger partial charge on any atom is -0.494 e. The molecule has 0 saturated carbocycles. The highest BCUT2D eigenvalue weighted by Crippen LogP contribution is 2.29. The molecule has 1 aromatic carbocycles. The van der Waals surface area contributed by atoms with E-state index in [2.05, 4.69) is 34.2 Å². The van der Waals surface area contributed by atoms with Gasteiger partial charge in [0.05, 0.1) is 25.4 Å². The average molecular weight is 431 g/mol. The van der Waals surface area contributed by atoms with E-state index in [1.54, 1.807) is 11.3 Å². The number of hydrogen-bond donors (Lipinski definition) is 1. The van der Waals surface area contributed by atoms with Crippen molar-refractivity contribution in [1.82, 2.24) is 20.1 Å². The minimum absolute atomic E-state index is 0.103. The molecule has 3 rings (SSSR count). The molecule has 164 valence electrons. The molecular formula is C23H34N4O2S. The molecule has 0 atom stereocenters. The van der Waals surface area contributed by atoms with Gasteiger partial charge in [0.1, 0.15) is 10.8 Å². The van der Waals surface area contributed by atoms with Crippen molar-refractivity contribution < 1.29 is 9.53 Å². The largest absolute Gasteiger partial charge is 0.494 e. The van der Waals surface area contributed by atoms with E-state index in [9.17, 15) is 4.79 Å². The van der Waals surface area contributed by atoms with Crippen LogP contribution in [0.4, 0.5) is 0 Å². The van der Waals surface area contributed by atoms with Crippen molar-refractivity contribution in [3.8, 4) is 17.0 Å². The van der Waals surface area contributed by atoms with E-state index < -0.39 is 0 Å². The van der Waals surface area contributed by atoms with Gasteiger partial charge in [0.15, 0.2) is 0 Å². The van der Waals surface area contributed by atoms with Crippen LogP contribution < -0.4 is 10.1 Å². The van der Waals surface area contributed by atoms with Gasteiger partial charge >= 0.3 is 0 Å². The number of aromatic nitrogens is 1. The van der Waals surface area contributed by atoms with E-state index in [-0.39, 0.29) is 11.4 Å². The predicted molar refractivity (Wildman–Crippen MR) is 123 cm³/mol. The van der Waals surface area contributed by atoms with Gasteiger partial charge in [0, 0.05) is 42.2 Å². The molecule has 6 nitrogen and oxygen atoms in total. The summed E-state index contributed by atoms with van der Waals surface area (Å²) < 4.78 is 5.54. The number of ether oxygens (including phenoxy) is 1. The lowest BCUT2D eigenvalue weighted by Gasteiger charge is -2.34. The van der Waals surface area contributed by atoms with Crippen LogP contribution in [0.15, 0.2) is 24.3 Å². The number of aryl methyl sites for hydroxylation is 1. The number of piperazine rings is 1. The normalized spacial score (nSPS) is 15.9. The second-order valence-electron chi connectivity index (χ2n) is 8.82. The number of thiazole rings is 1. The molecule has 7 heteroatoms. The van der Waals surface area contributed by atoms with Crippen molar-refractivity contribution >= 4 is 17.2 Å². The fourth-order valence-electron chi connectivity index (χ4n) is 3.62. The summed E-state index contributed by atoms with van der Waals surface area (Å²) in [5.41, 5.74) is 2.02. The molecule has 1 aromatic heterocycles. The van der Waals surface area contributed by atoms with E-state index in [1.807, 2.05) is 39.8 Å². The lowest BCUT2D eigenvalue weighted by Crippen LogP contribution is -2.51. The molecule has 30 heavy (non-hydrogen) atoms.